The average molecular weight is 216 g/mol. The summed E-state index contributed by atoms with van der Waals surface area (Å²) in [5, 5.41) is 3.74. The molecule has 4 aliphatic rings. The van der Waals surface area contributed by atoms with Gasteiger partial charge in [0.1, 0.15) is 0 Å². The Morgan fingerprint density at radius 2 is 1.29 bits per heavy atom. The van der Waals surface area contributed by atoms with Crippen molar-refractivity contribution >= 4 is 34.7 Å². The zero-order valence-electron chi connectivity index (χ0n) is 7.44. The van der Waals surface area contributed by atoms with Gasteiger partial charge < -0.3 is 0 Å². The number of benzene rings is 1. The van der Waals surface area contributed by atoms with Gasteiger partial charge in [-0.15, -0.1) is 23.5 Å². The summed E-state index contributed by atoms with van der Waals surface area (Å²) >= 11 is 4.39. The molecule has 2 fully saturated rings. The van der Waals surface area contributed by atoms with Gasteiger partial charge in [-0.25, -0.2) is 0 Å². The lowest BCUT2D eigenvalue weighted by molar-refractivity contribution is 0.942. The maximum atomic E-state index is 2.30. The molecular formula is C12H8S2. The van der Waals surface area contributed by atoms with Gasteiger partial charge in [0, 0.05) is 21.0 Å². The monoisotopic (exact) mass is 216 g/mol. The highest BCUT2D eigenvalue weighted by Crippen LogP contribution is 2.73. The Balaban J connectivity index is 1.80. The first-order valence-corrected chi connectivity index (χ1v) is 6.98. The molecule has 0 amide bonds. The molecule has 0 radical (unpaired) electrons. The highest BCUT2D eigenvalue weighted by molar-refractivity contribution is 8.13. The molecule has 2 saturated heterocycles. The summed E-state index contributed by atoms with van der Waals surface area (Å²) in [5.74, 6) is 0. The van der Waals surface area contributed by atoms with Crippen LogP contribution in [0.25, 0.3) is 11.1 Å². The maximum absolute atomic E-state index is 2.30. The molecule has 0 nitrogen and oxygen atoms in total. The number of hydrogen-bond acceptors (Lipinski definition) is 2. The van der Waals surface area contributed by atoms with Crippen LogP contribution in [0.3, 0.4) is 0 Å². The van der Waals surface area contributed by atoms with Crippen LogP contribution in [-0.2, 0) is 0 Å². The molecule has 1 aromatic rings. The van der Waals surface area contributed by atoms with E-state index >= 15 is 0 Å². The summed E-state index contributed by atoms with van der Waals surface area (Å²) in [4.78, 5) is 0. The predicted octanol–water partition coefficient (Wildman–Crippen LogP) is 2.89. The van der Waals surface area contributed by atoms with Crippen molar-refractivity contribution in [3.8, 4) is 0 Å². The summed E-state index contributed by atoms with van der Waals surface area (Å²) in [6.07, 6.45) is 0. The standard InChI is InChI=1S/C12H8S2/c1-2-4-6-5(3-1)7-8(6)10-12(14-10)11-9(7)13-11/h1-4,9-12H. The first-order chi connectivity index (χ1) is 6.95. The molecule has 14 heavy (non-hydrogen) atoms. The average Bonchev–Trinajstić information content (AvgIpc) is 3.00. The van der Waals surface area contributed by atoms with Gasteiger partial charge in [0.25, 0.3) is 0 Å². The minimum atomic E-state index is 0.885. The molecule has 2 heterocycles. The largest absolute Gasteiger partial charge is 0.146 e. The van der Waals surface area contributed by atoms with Crippen LogP contribution in [0, 0.1) is 0 Å². The van der Waals surface area contributed by atoms with E-state index in [0.29, 0.717) is 0 Å². The summed E-state index contributed by atoms with van der Waals surface area (Å²) in [6.45, 7) is 0. The Kier molecular flexibility index (Phi) is 0.981. The van der Waals surface area contributed by atoms with E-state index in [1.807, 2.05) is 0 Å². The number of hydrogen-bond donors (Lipinski definition) is 0. The fraction of sp³-hybridized carbons (Fsp3) is 0.333. The highest BCUT2D eigenvalue weighted by Gasteiger charge is 2.65. The lowest BCUT2D eigenvalue weighted by Gasteiger charge is -2.29. The van der Waals surface area contributed by atoms with E-state index in [0.717, 1.165) is 21.0 Å². The number of fused-ring (bicyclic) bond motifs is 8. The molecule has 4 atom stereocenters. The van der Waals surface area contributed by atoms with Crippen molar-refractivity contribution in [2.24, 2.45) is 0 Å². The molecule has 1 aromatic carbocycles. The third-order valence-corrected chi connectivity index (χ3v) is 6.69. The molecule has 0 bridgehead atoms. The second-order valence-electron chi connectivity index (χ2n) is 4.42. The molecule has 0 aromatic heterocycles. The second-order valence-corrected chi connectivity index (χ2v) is 7.06. The van der Waals surface area contributed by atoms with Gasteiger partial charge >= 0.3 is 0 Å². The Morgan fingerprint density at radius 1 is 0.786 bits per heavy atom. The molecule has 4 unspecified atom stereocenters. The number of rotatable bonds is 0. The van der Waals surface area contributed by atoms with Gasteiger partial charge in [0.05, 0.1) is 0 Å². The van der Waals surface area contributed by atoms with Gasteiger partial charge in [-0.3, -0.25) is 0 Å². The normalized spacial score (nSPS) is 44.3. The summed E-state index contributed by atoms with van der Waals surface area (Å²) < 4.78 is 0. The highest BCUT2D eigenvalue weighted by atomic mass is 32.2. The van der Waals surface area contributed by atoms with Crippen LogP contribution in [0.5, 0.6) is 0 Å². The van der Waals surface area contributed by atoms with Gasteiger partial charge in [-0.2, -0.15) is 0 Å². The van der Waals surface area contributed by atoms with E-state index in [1.165, 1.54) is 0 Å². The molecular weight excluding hydrogens is 208 g/mol. The van der Waals surface area contributed by atoms with E-state index in [9.17, 15) is 0 Å². The first-order valence-electron chi connectivity index (χ1n) is 5.10. The Bertz CT molecular complexity index is 458. The SMILES string of the molecule is c1ccc2c(c1)C1=C2C2SC2C2SC12. The Labute approximate surface area is 91.2 Å². The second kappa shape index (κ2) is 1.96. The summed E-state index contributed by atoms with van der Waals surface area (Å²) in [5.41, 5.74) is 6.57. The van der Waals surface area contributed by atoms with Crippen molar-refractivity contribution in [3.63, 3.8) is 0 Å². The van der Waals surface area contributed by atoms with Gasteiger partial charge in [-0.05, 0) is 22.3 Å². The maximum Gasteiger partial charge on any atom is 0.0440 e. The van der Waals surface area contributed by atoms with Crippen molar-refractivity contribution in [1.82, 2.24) is 0 Å². The lowest BCUT2D eigenvalue weighted by Crippen LogP contribution is -2.23. The molecule has 0 spiro atoms. The van der Waals surface area contributed by atoms with Crippen LogP contribution in [-0.4, -0.2) is 21.0 Å². The van der Waals surface area contributed by atoms with E-state index < -0.39 is 0 Å². The van der Waals surface area contributed by atoms with Crippen LogP contribution in [0.15, 0.2) is 24.3 Å². The van der Waals surface area contributed by atoms with Crippen LogP contribution >= 0.6 is 23.5 Å². The molecule has 2 aliphatic heterocycles. The predicted molar refractivity (Wildman–Crippen MR) is 63.6 cm³/mol. The number of thioether (sulfide) groups is 2. The lowest BCUT2D eigenvalue weighted by atomic mass is 9.73. The van der Waals surface area contributed by atoms with E-state index in [-0.39, 0.29) is 0 Å². The van der Waals surface area contributed by atoms with Crippen LogP contribution in [0.1, 0.15) is 11.1 Å². The van der Waals surface area contributed by atoms with Crippen molar-refractivity contribution in [3.05, 3.63) is 35.4 Å². The Morgan fingerprint density at radius 3 is 1.79 bits per heavy atom. The summed E-state index contributed by atoms with van der Waals surface area (Å²) in [6, 6.07) is 8.96. The van der Waals surface area contributed by atoms with Crippen molar-refractivity contribution in [2.45, 2.75) is 21.0 Å². The van der Waals surface area contributed by atoms with Crippen LogP contribution in [0.2, 0.25) is 0 Å². The first kappa shape index (κ1) is 7.02. The Hall–Kier alpha value is -0.340. The van der Waals surface area contributed by atoms with Crippen molar-refractivity contribution in [1.29, 1.82) is 0 Å². The summed E-state index contributed by atoms with van der Waals surface area (Å²) in [7, 11) is 0. The van der Waals surface area contributed by atoms with Crippen molar-refractivity contribution < 1.29 is 0 Å². The van der Waals surface area contributed by atoms with Gasteiger partial charge in [0.2, 0.25) is 0 Å². The zero-order chi connectivity index (χ0) is 8.86. The minimum Gasteiger partial charge on any atom is -0.146 e. The van der Waals surface area contributed by atoms with E-state index in [4.69, 9.17) is 0 Å². The van der Waals surface area contributed by atoms with E-state index in [2.05, 4.69) is 47.8 Å². The van der Waals surface area contributed by atoms with E-state index in [1.54, 1.807) is 22.3 Å². The van der Waals surface area contributed by atoms with Gasteiger partial charge in [0.15, 0.2) is 0 Å². The van der Waals surface area contributed by atoms with Crippen LogP contribution < -0.4 is 0 Å². The molecule has 68 valence electrons. The topological polar surface area (TPSA) is 0 Å². The van der Waals surface area contributed by atoms with Crippen molar-refractivity contribution in [2.75, 3.05) is 0 Å². The molecule has 0 N–H and O–H groups in total. The fourth-order valence-electron chi connectivity index (χ4n) is 3.01. The minimum absolute atomic E-state index is 0.885. The third-order valence-electron chi connectivity index (χ3n) is 3.74. The third kappa shape index (κ3) is 0.609. The molecule has 2 aliphatic carbocycles. The molecule has 2 heteroatoms. The smallest absolute Gasteiger partial charge is 0.0440 e. The van der Waals surface area contributed by atoms with Crippen LogP contribution in [0.4, 0.5) is 0 Å². The van der Waals surface area contributed by atoms with Gasteiger partial charge in [-0.1, -0.05) is 24.3 Å². The fourth-order valence-corrected chi connectivity index (χ4v) is 6.10. The molecule has 0 saturated carbocycles. The quantitative estimate of drug-likeness (QED) is 0.483. The molecule has 5 rings (SSSR count). The zero-order valence-corrected chi connectivity index (χ0v) is 9.07.